The minimum atomic E-state index is 1.01. The van der Waals surface area contributed by atoms with Gasteiger partial charge in [0.25, 0.3) is 0 Å². The Kier molecular flexibility index (Phi) is 4.30. The maximum atomic E-state index is 3.54. The Morgan fingerprint density at radius 3 is 1.44 bits per heavy atom. The number of benzene rings is 2. The molecular weight excluding hydrogens is 356 g/mol. The van der Waals surface area contributed by atoms with Gasteiger partial charge in [0, 0.05) is 8.95 Å². The van der Waals surface area contributed by atoms with Gasteiger partial charge in [-0.2, -0.15) is 0 Å². The van der Waals surface area contributed by atoms with E-state index >= 15 is 0 Å². The summed E-state index contributed by atoms with van der Waals surface area (Å²) in [6.07, 6.45) is 0. The van der Waals surface area contributed by atoms with E-state index in [9.17, 15) is 0 Å². The second kappa shape index (κ2) is 5.76. The number of hydrogen-bond donors (Lipinski definition) is 2. The first-order valence-electron chi connectivity index (χ1n) is 5.60. The van der Waals surface area contributed by atoms with Gasteiger partial charge in [-0.3, -0.25) is 10.9 Å². The van der Waals surface area contributed by atoms with Crippen molar-refractivity contribution < 1.29 is 0 Å². The van der Waals surface area contributed by atoms with Crippen LogP contribution in [0.2, 0.25) is 0 Å². The summed E-state index contributed by atoms with van der Waals surface area (Å²) in [7, 11) is 0. The van der Waals surface area contributed by atoms with E-state index in [0.29, 0.717) is 0 Å². The highest BCUT2D eigenvalue weighted by Crippen LogP contribution is 2.26. The van der Waals surface area contributed by atoms with E-state index in [1.807, 2.05) is 12.1 Å². The number of nitrogens with one attached hydrogen (secondary N) is 2. The van der Waals surface area contributed by atoms with E-state index < -0.39 is 0 Å². The molecule has 0 aromatic heterocycles. The second-order valence-electron chi connectivity index (χ2n) is 4.22. The lowest BCUT2D eigenvalue weighted by Crippen LogP contribution is -2.09. The van der Waals surface area contributed by atoms with E-state index in [1.54, 1.807) is 0 Å². The van der Waals surface area contributed by atoms with Gasteiger partial charge in [-0.1, -0.05) is 12.1 Å². The van der Waals surface area contributed by atoms with Crippen LogP contribution in [0.3, 0.4) is 0 Å². The summed E-state index contributed by atoms with van der Waals surface area (Å²) in [5.74, 6) is 0. The zero-order valence-corrected chi connectivity index (χ0v) is 13.4. The smallest absolute Gasteiger partial charge is 0.0682 e. The topological polar surface area (TPSA) is 24.1 Å². The molecule has 2 aromatic rings. The van der Waals surface area contributed by atoms with Crippen LogP contribution in [-0.4, -0.2) is 0 Å². The van der Waals surface area contributed by atoms with Crippen molar-refractivity contribution in [3.63, 3.8) is 0 Å². The molecule has 0 spiro atoms. The van der Waals surface area contributed by atoms with Crippen molar-refractivity contribution in [1.29, 1.82) is 0 Å². The lowest BCUT2D eigenvalue weighted by Gasteiger charge is -2.13. The van der Waals surface area contributed by atoms with Gasteiger partial charge in [-0.25, -0.2) is 0 Å². The van der Waals surface area contributed by atoms with Gasteiger partial charge in [0.15, 0.2) is 0 Å². The first kappa shape index (κ1) is 13.4. The van der Waals surface area contributed by atoms with E-state index in [-0.39, 0.29) is 0 Å². The summed E-state index contributed by atoms with van der Waals surface area (Å²) in [6, 6.07) is 12.4. The van der Waals surface area contributed by atoms with Crippen LogP contribution in [0.5, 0.6) is 0 Å². The van der Waals surface area contributed by atoms with Crippen molar-refractivity contribution in [2.75, 3.05) is 10.9 Å². The summed E-state index contributed by atoms with van der Waals surface area (Å²) in [4.78, 5) is 0. The van der Waals surface area contributed by atoms with Crippen LogP contribution in [0.25, 0.3) is 0 Å². The minimum Gasteiger partial charge on any atom is -0.300 e. The van der Waals surface area contributed by atoms with Crippen molar-refractivity contribution in [1.82, 2.24) is 0 Å². The largest absolute Gasteiger partial charge is 0.300 e. The fourth-order valence-corrected chi connectivity index (χ4v) is 2.76. The van der Waals surface area contributed by atoms with Gasteiger partial charge < -0.3 is 0 Å². The zero-order valence-electron chi connectivity index (χ0n) is 10.2. The van der Waals surface area contributed by atoms with Gasteiger partial charge >= 0.3 is 0 Å². The van der Waals surface area contributed by atoms with Crippen LogP contribution in [0.15, 0.2) is 45.3 Å². The lowest BCUT2D eigenvalue weighted by atomic mass is 10.2. The molecule has 2 aromatic carbocycles. The molecule has 0 saturated heterocycles. The first-order chi connectivity index (χ1) is 8.56. The highest BCUT2D eigenvalue weighted by atomic mass is 79.9. The van der Waals surface area contributed by atoms with Crippen molar-refractivity contribution >= 4 is 43.2 Å². The highest BCUT2D eigenvalue weighted by molar-refractivity contribution is 9.11. The number of rotatable bonds is 3. The predicted molar refractivity (Wildman–Crippen MR) is 85.0 cm³/mol. The number of hydrazine groups is 1. The molecular formula is C14H14Br2N2. The SMILES string of the molecule is Cc1ccc(NNc2ccc(C)cc2Br)c(Br)c1. The molecule has 0 aliphatic heterocycles. The zero-order chi connectivity index (χ0) is 13.1. The molecule has 0 saturated carbocycles. The number of halogens is 2. The van der Waals surface area contributed by atoms with E-state index in [4.69, 9.17) is 0 Å². The van der Waals surface area contributed by atoms with Crippen LogP contribution in [0.1, 0.15) is 11.1 Å². The second-order valence-corrected chi connectivity index (χ2v) is 5.93. The average molecular weight is 370 g/mol. The third-order valence-electron chi connectivity index (χ3n) is 2.58. The maximum absolute atomic E-state index is 3.54. The Labute approximate surface area is 124 Å². The van der Waals surface area contributed by atoms with Crippen molar-refractivity contribution in [3.05, 3.63) is 56.5 Å². The van der Waals surface area contributed by atoms with E-state index in [0.717, 1.165) is 20.3 Å². The quantitative estimate of drug-likeness (QED) is 0.720. The maximum Gasteiger partial charge on any atom is 0.0682 e. The van der Waals surface area contributed by atoms with Crippen LogP contribution in [-0.2, 0) is 0 Å². The van der Waals surface area contributed by atoms with Gasteiger partial charge in [-0.15, -0.1) is 0 Å². The van der Waals surface area contributed by atoms with Crippen LogP contribution >= 0.6 is 31.9 Å². The summed E-state index contributed by atoms with van der Waals surface area (Å²) < 4.78 is 2.08. The Balaban J connectivity index is 2.11. The molecule has 0 fully saturated rings. The van der Waals surface area contributed by atoms with Gasteiger partial charge in [0.1, 0.15) is 0 Å². The molecule has 0 bridgehead atoms. The molecule has 18 heavy (non-hydrogen) atoms. The third kappa shape index (κ3) is 3.27. The molecule has 4 heteroatoms. The molecule has 0 aliphatic rings. The molecule has 94 valence electrons. The normalized spacial score (nSPS) is 10.2. The fraction of sp³-hybridized carbons (Fsp3) is 0.143. The monoisotopic (exact) mass is 368 g/mol. The Hall–Kier alpha value is -1.000. The van der Waals surface area contributed by atoms with Crippen LogP contribution < -0.4 is 10.9 Å². The summed E-state index contributed by atoms with van der Waals surface area (Å²) in [5.41, 5.74) is 10.8. The van der Waals surface area contributed by atoms with Gasteiger partial charge in [0.2, 0.25) is 0 Å². The Bertz CT molecular complexity index is 516. The summed E-state index contributed by atoms with van der Waals surface area (Å²) in [5, 5.41) is 0. The first-order valence-corrected chi connectivity index (χ1v) is 7.19. The molecule has 0 aliphatic carbocycles. The Morgan fingerprint density at radius 1 is 0.722 bits per heavy atom. The molecule has 0 amide bonds. The van der Waals surface area contributed by atoms with Gasteiger partial charge in [0.05, 0.1) is 11.4 Å². The van der Waals surface area contributed by atoms with Crippen molar-refractivity contribution in [2.45, 2.75) is 13.8 Å². The summed E-state index contributed by atoms with van der Waals surface area (Å²) >= 11 is 7.07. The van der Waals surface area contributed by atoms with Crippen LogP contribution in [0, 0.1) is 13.8 Å². The fourth-order valence-electron chi connectivity index (χ4n) is 1.58. The summed E-state index contributed by atoms with van der Waals surface area (Å²) in [6.45, 7) is 4.14. The number of anilines is 2. The molecule has 2 N–H and O–H groups in total. The molecule has 0 heterocycles. The standard InChI is InChI=1S/C14H14Br2N2/c1-9-3-5-13(11(15)7-9)17-18-14-6-4-10(2)8-12(14)16/h3-8,17-18H,1-2H3. The molecule has 2 rings (SSSR count). The third-order valence-corrected chi connectivity index (χ3v) is 3.89. The van der Waals surface area contributed by atoms with Crippen molar-refractivity contribution in [3.8, 4) is 0 Å². The number of aryl methyl sites for hydroxylation is 2. The predicted octanol–water partition coefficient (Wildman–Crippen LogP) is 5.27. The lowest BCUT2D eigenvalue weighted by molar-refractivity contribution is 1.35. The molecule has 2 nitrogen and oxygen atoms in total. The molecule has 0 atom stereocenters. The average Bonchev–Trinajstić information content (AvgIpc) is 2.30. The van der Waals surface area contributed by atoms with Crippen molar-refractivity contribution in [2.24, 2.45) is 0 Å². The Morgan fingerprint density at radius 2 is 1.11 bits per heavy atom. The van der Waals surface area contributed by atoms with Crippen LogP contribution in [0.4, 0.5) is 11.4 Å². The molecule has 0 unspecified atom stereocenters. The van der Waals surface area contributed by atoms with Gasteiger partial charge in [-0.05, 0) is 81.1 Å². The highest BCUT2D eigenvalue weighted by Gasteiger charge is 2.02. The van der Waals surface area contributed by atoms with E-state index in [2.05, 4.69) is 80.8 Å². The van der Waals surface area contributed by atoms with E-state index in [1.165, 1.54) is 11.1 Å². The minimum absolute atomic E-state index is 1.01. The number of hydrogen-bond acceptors (Lipinski definition) is 2. The molecule has 0 radical (unpaired) electrons.